The fraction of sp³-hybridized carbons (Fsp3) is 0.556. The van der Waals surface area contributed by atoms with Crippen LogP contribution in [-0.2, 0) is 30.2 Å². The summed E-state index contributed by atoms with van der Waals surface area (Å²) in [6.45, 7) is 1.46. The molecule has 0 bridgehead atoms. The minimum atomic E-state index is -1.21. The molecule has 5 nitrogen and oxygen atoms in total. The predicted octanol–water partition coefficient (Wildman–Crippen LogP) is 2.69. The van der Waals surface area contributed by atoms with E-state index < -0.39 is 17.0 Å². The van der Waals surface area contributed by atoms with Gasteiger partial charge in [0.15, 0.2) is 5.78 Å². The molecule has 1 aliphatic carbocycles. The quantitative estimate of drug-likeness (QED) is 0.580. The number of benzene rings is 1. The van der Waals surface area contributed by atoms with Gasteiger partial charge >= 0.3 is 5.97 Å². The Morgan fingerprint density at radius 3 is 2.67 bits per heavy atom. The van der Waals surface area contributed by atoms with Gasteiger partial charge in [-0.2, -0.15) is 0 Å². The third-order valence-corrected chi connectivity index (χ3v) is 5.49. The van der Waals surface area contributed by atoms with Crippen LogP contribution >= 0.6 is 15.9 Å². The Balaban J connectivity index is 1.94. The van der Waals surface area contributed by atoms with Gasteiger partial charge in [-0.25, -0.2) is 0 Å². The molecule has 1 aromatic carbocycles. The Morgan fingerprint density at radius 1 is 1.29 bits per heavy atom. The fourth-order valence-electron chi connectivity index (χ4n) is 3.75. The lowest BCUT2D eigenvalue weighted by atomic mass is 9.64. The van der Waals surface area contributed by atoms with E-state index in [0.29, 0.717) is 45.5 Å². The summed E-state index contributed by atoms with van der Waals surface area (Å²) in [4.78, 5) is 25.5. The second kappa shape index (κ2) is 6.94. The van der Waals surface area contributed by atoms with Crippen molar-refractivity contribution in [2.75, 3.05) is 26.9 Å². The zero-order valence-electron chi connectivity index (χ0n) is 13.7. The lowest BCUT2D eigenvalue weighted by molar-refractivity contribution is -0.198. The van der Waals surface area contributed by atoms with Crippen LogP contribution in [0.5, 0.6) is 0 Å². The smallest absolute Gasteiger partial charge is 0.319 e. The average molecular weight is 397 g/mol. The number of ether oxygens (including phenoxy) is 3. The maximum atomic E-state index is 12.8. The van der Waals surface area contributed by atoms with E-state index in [-0.39, 0.29) is 5.78 Å². The zero-order chi connectivity index (χ0) is 17.2. The second-order valence-electron chi connectivity index (χ2n) is 6.56. The van der Waals surface area contributed by atoms with Crippen molar-refractivity contribution in [1.82, 2.24) is 0 Å². The summed E-state index contributed by atoms with van der Waals surface area (Å²) in [5, 5.41) is 0. The van der Waals surface area contributed by atoms with E-state index in [0.717, 1.165) is 10.0 Å². The molecule has 1 aliphatic heterocycles. The van der Waals surface area contributed by atoms with Crippen LogP contribution in [0.4, 0.5) is 0 Å². The minimum Gasteiger partial charge on any atom is -0.468 e. The Morgan fingerprint density at radius 2 is 2.04 bits per heavy atom. The largest absolute Gasteiger partial charge is 0.468 e. The van der Waals surface area contributed by atoms with E-state index in [1.165, 1.54) is 7.11 Å². The van der Waals surface area contributed by atoms with E-state index in [9.17, 15) is 9.59 Å². The van der Waals surface area contributed by atoms with Crippen molar-refractivity contribution >= 4 is 27.7 Å². The first-order chi connectivity index (χ1) is 11.5. The van der Waals surface area contributed by atoms with Crippen LogP contribution in [0.2, 0.25) is 0 Å². The first-order valence-corrected chi connectivity index (χ1v) is 8.87. The topological polar surface area (TPSA) is 61.8 Å². The highest BCUT2D eigenvalue weighted by Crippen LogP contribution is 2.45. The van der Waals surface area contributed by atoms with E-state index >= 15 is 0 Å². The normalized spacial score (nSPS) is 30.3. The van der Waals surface area contributed by atoms with E-state index in [1.54, 1.807) is 0 Å². The summed E-state index contributed by atoms with van der Waals surface area (Å²) in [6.07, 6.45) is 1.51. The molecule has 1 saturated heterocycles. The van der Waals surface area contributed by atoms with Crippen molar-refractivity contribution in [3.63, 3.8) is 0 Å². The third-order valence-electron chi connectivity index (χ3n) is 4.96. The van der Waals surface area contributed by atoms with Crippen LogP contribution < -0.4 is 0 Å². The fourth-order valence-corrected chi connectivity index (χ4v) is 4.01. The molecule has 0 amide bonds. The molecule has 1 heterocycles. The highest BCUT2D eigenvalue weighted by Gasteiger charge is 2.56. The van der Waals surface area contributed by atoms with Crippen molar-refractivity contribution in [1.29, 1.82) is 0 Å². The average Bonchev–Trinajstić information content (AvgIpc) is 2.60. The lowest BCUT2D eigenvalue weighted by Crippen LogP contribution is -2.57. The number of hydrogen-bond donors (Lipinski definition) is 0. The number of esters is 1. The van der Waals surface area contributed by atoms with Gasteiger partial charge in [0.25, 0.3) is 0 Å². The molecule has 0 radical (unpaired) electrons. The molecule has 3 rings (SSSR count). The van der Waals surface area contributed by atoms with E-state index in [4.69, 9.17) is 14.2 Å². The zero-order valence-corrected chi connectivity index (χ0v) is 15.3. The summed E-state index contributed by atoms with van der Waals surface area (Å²) < 4.78 is 17.5. The summed E-state index contributed by atoms with van der Waals surface area (Å²) in [5.41, 5.74) is -0.859. The van der Waals surface area contributed by atoms with Crippen molar-refractivity contribution in [3.8, 4) is 0 Å². The summed E-state index contributed by atoms with van der Waals surface area (Å²) in [5.74, 6) is -0.555. The number of hydrogen-bond acceptors (Lipinski definition) is 5. The van der Waals surface area contributed by atoms with Crippen LogP contribution in [0.1, 0.15) is 24.8 Å². The third kappa shape index (κ3) is 3.27. The van der Waals surface area contributed by atoms with Gasteiger partial charge in [0.2, 0.25) is 0 Å². The second-order valence-corrected chi connectivity index (χ2v) is 7.48. The Kier molecular flexibility index (Phi) is 5.08. The molecule has 0 aromatic heterocycles. The van der Waals surface area contributed by atoms with Gasteiger partial charge < -0.3 is 14.2 Å². The summed E-state index contributed by atoms with van der Waals surface area (Å²) in [7, 11) is 1.33. The lowest BCUT2D eigenvalue weighted by Gasteiger charge is -2.46. The van der Waals surface area contributed by atoms with Crippen LogP contribution in [0.15, 0.2) is 28.7 Å². The number of carbonyl (C=O) groups is 2. The molecule has 1 spiro atoms. The molecular weight excluding hydrogens is 376 g/mol. The molecule has 1 saturated carbocycles. The van der Waals surface area contributed by atoms with Gasteiger partial charge in [-0.15, -0.1) is 0 Å². The standard InChI is InChI=1S/C18H21BrO5/c1-22-16(21)18(10-13-2-4-14(19)5-3-13)11-17(7-6-15(18)20)12-23-8-9-24-17/h2-5H,6-12H2,1H3/t17?,18-/m0/s1. The van der Waals surface area contributed by atoms with Gasteiger partial charge in [0.1, 0.15) is 5.41 Å². The maximum Gasteiger partial charge on any atom is 0.319 e. The van der Waals surface area contributed by atoms with Gasteiger partial charge in [-0.3, -0.25) is 9.59 Å². The molecule has 2 aliphatic rings. The van der Waals surface area contributed by atoms with E-state index in [1.807, 2.05) is 24.3 Å². The molecule has 2 atom stereocenters. The number of ketones is 1. The van der Waals surface area contributed by atoms with Gasteiger partial charge in [0.05, 0.1) is 32.5 Å². The summed E-state index contributed by atoms with van der Waals surface area (Å²) in [6, 6.07) is 7.65. The number of rotatable bonds is 3. The molecule has 2 fully saturated rings. The van der Waals surface area contributed by atoms with Gasteiger partial charge in [0, 0.05) is 17.3 Å². The van der Waals surface area contributed by atoms with Crippen molar-refractivity contribution in [2.24, 2.45) is 5.41 Å². The van der Waals surface area contributed by atoms with Crippen LogP contribution in [0.3, 0.4) is 0 Å². The number of methoxy groups -OCH3 is 1. The first-order valence-electron chi connectivity index (χ1n) is 8.08. The van der Waals surface area contributed by atoms with Crippen LogP contribution in [-0.4, -0.2) is 44.3 Å². The summed E-state index contributed by atoms with van der Waals surface area (Å²) >= 11 is 3.40. The number of halogens is 1. The SMILES string of the molecule is COC(=O)[C@@]1(Cc2ccc(Br)cc2)CC2(CCC1=O)COCCO2. The van der Waals surface area contributed by atoms with Gasteiger partial charge in [-0.1, -0.05) is 28.1 Å². The monoisotopic (exact) mass is 396 g/mol. The Hall–Kier alpha value is -1.24. The van der Waals surface area contributed by atoms with Crippen molar-refractivity contribution in [2.45, 2.75) is 31.3 Å². The Labute approximate surface area is 149 Å². The van der Waals surface area contributed by atoms with Crippen molar-refractivity contribution in [3.05, 3.63) is 34.3 Å². The Bertz CT molecular complexity index is 611. The maximum absolute atomic E-state index is 12.8. The van der Waals surface area contributed by atoms with Crippen LogP contribution in [0.25, 0.3) is 0 Å². The highest BCUT2D eigenvalue weighted by atomic mass is 79.9. The molecule has 1 aromatic rings. The van der Waals surface area contributed by atoms with Crippen molar-refractivity contribution < 1.29 is 23.8 Å². The minimum absolute atomic E-state index is 0.0722. The molecule has 130 valence electrons. The molecule has 6 heteroatoms. The molecule has 0 N–H and O–H groups in total. The number of carbonyl (C=O) groups excluding carboxylic acids is 2. The molecule has 1 unspecified atom stereocenters. The highest BCUT2D eigenvalue weighted by molar-refractivity contribution is 9.10. The number of Topliss-reactive ketones (excluding diaryl/α,β-unsaturated/α-hetero) is 1. The van der Waals surface area contributed by atoms with Gasteiger partial charge in [-0.05, 0) is 30.5 Å². The predicted molar refractivity (Wildman–Crippen MR) is 90.7 cm³/mol. The molecular formula is C18H21BrO5. The van der Waals surface area contributed by atoms with Crippen LogP contribution in [0, 0.1) is 5.41 Å². The first kappa shape index (κ1) is 17.6. The van der Waals surface area contributed by atoms with E-state index in [2.05, 4.69) is 15.9 Å². The molecule has 24 heavy (non-hydrogen) atoms.